The van der Waals surface area contributed by atoms with Crippen molar-refractivity contribution in [3.05, 3.63) is 46.0 Å². The van der Waals surface area contributed by atoms with Crippen LogP contribution in [0.15, 0.2) is 28.9 Å². The van der Waals surface area contributed by atoms with Gasteiger partial charge in [-0.2, -0.15) is 4.98 Å². The van der Waals surface area contributed by atoms with Gasteiger partial charge in [-0.25, -0.2) is 9.50 Å². The van der Waals surface area contributed by atoms with Gasteiger partial charge in [-0.05, 0) is 41.4 Å². The van der Waals surface area contributed by atoms with Gasteiger partial charge in [-0.3, -0.25) is 5.10 Å². The van der Waals surface area contributed by atoms with Gasteiger partial charge >= 0.3 is 0 Å². The van der Waals surface area contributed by atoms with Crippen LogP contribution in [-0.2, 0) is 6.61 Å². The Morgan fingerprint density at radius 2 is 2.05 bits per heavy atom. The van der Waals surface area contributed by atoms with Crippen LogP contribution in [0, 0.1) is 13.8 Å². The van der Waals surface area contributed by atoms with E-state index in [1.165, 1.54) is 0 Å². The molecule has 0 saturated heterocycles. The molecule has 0 saturated carbocycles. The second-order valence-electron chi connectivity index (χ2n) is 4.35. The molecule has 0 bridgehead atoms. The number of benzene rings is 1. The van der Waals surface area contributed by atoms with E-state index in [2.05, 4.69) is 31.0 Å². The molecule has 3 aromatic rings. The minimum atomic E-state index is 0.389. The molecule has 1 aromatic carbocycles. The van der Waals surface area contributed by atoms with Gasteiger partial charge in [0.1, 0.15) is 17.0 Å². The second-order valence-corrected chi connectivity index (χ2v) is 5.10. The van der Waals surface area contributed by atoms with Crippen molar-refractivity contribution in [2.75, 3.05) is 0 Å². The maximum atomic E-state index is 5.74. The van der Waals surface area contributed by atoms with E-state index in [1.807, 2.05) is 38.1 Å². The van der Waals surface area contributed by atoms with Crippen LogP contribution in [0.3, 0.4) is 0 Å². The summed E-state index contributed by atoms with van der Waals surface area (Å²) in [6.07, 6.45) is 0. The topological polar surface area (TPSA) is 55.2 Å². The van der Waals surface area contributed by atoms with Crippen LogP contribution in [0.4, 0.5) is 0 Å². The molecule has 19 heavy (non-hydrogen) atoms. The van der Waals surface area contributed by atoms with Gasteiger partial charge in [0.25, 0.3) is 5.78 Å². The Labute approximate surface area is 118 Å². The average molecular weight is 321 g/mol. The molecule has 0 atom stereocenters. The molecule has 0 aliphatic heterocycles. The minimum Gasteiger partial charge on any atom is -0.485 e. The minimum absolute atomic E-state index is 0.389. The Balaban J connectivity index is 1.81. The van der Waals surface area contributed by atoms with Crippen molar-refractivity contribution in [2.24, 2.45) is 0 Å². The smallest absolute Gasteiger partial charge is 0.252 e. The highest BCUT2D eigenvalue weighted by Gasteiger charge is 2.11. The molecule has 0 aliphatic rings. The first-order valence-corrected chi connectivity index (χ1v) is 6.72. The first-order chi connectivity index (χ1) is 9.15. The Kier molecular flexibility index (Phi) is 3.02. The summed E-state index contributed by atoms with van der Waals surface area (Å²) in [6, 6.07) is 7.91. The van der Waals surface area contributed by atoms with Crippen molar-refractivity contribution in [3.8, 4) is 5.75 Å². The van der Waals surface area contributed by atoms with Crippen LogP contribution in [-0.4, -0.2) is 19.6 Å². The van der Waals surface area contributed by atoms with Gasteiger partial charge in [0, 0.05) is 0 Å². The van der Waals surface area contributed by atoms with Crippen LogP contribution in [0.2, 0.25) is 0 Å². The molecule has 0 fully saturated rings. The summed E-state index contributed by atoms with van der Waals surface area (Å²) < 4.78 is 8.43. The number of aromatic nitrogens is 4. The van der Waals surface area contributed by atoms with Crippen LogP contribution in [0.1, 0.15) is 17.1 Å². The number of imidazole rings is 1. The normalized spacial score (nSPS) is 11.1. The third-order valence-electron chi connectivity index (χ3n) is 2.90. The quantitative estimate of drug-likeness (QED) is 0.807. The molecule has 0 unspecified atom stereocenters. The third kappa shape index (κ3) is 2.23. The number of aromatic amines is 1. The third-order valence-corrected chi connectivity index (χ3v) is 3.82. The summed E-state index contributed by atoms with van der Waals surface area (Å²) in [7, 11) is 0. The van der Waals surface area contributed by atoms with E-state index in [0.29, 0.717) is 12.4 Å². The Bertz CT molecular complexity index is 731. The number of nitrogens with zero attached hydrogens (tertiary/aromatic N) is 3. The zero-order chi connectivity index (χ0) is 13.4. The van der Waals surface area contributed by atoms with Crippen LogP contribution < -0.4 is 4.74 Å². The fraction of sp³-hybridized carbons (Fsp3) is 0.231. The van der Waals surface area contributed by atoms with Crippen LogP contribution >= 0.6 is 15.9 Å². The lowest BCUT2D eigenvalue weighted by Gasteiger charge is -2.06. The van der Waals surface area contributed by atoms with Crippen molar-refractivity contribution in [1.82, 2.24) is 19.6 Å². The summed E-state index contributed by atoms with van der Waals surface area (Å²) >= 11 is 3.46. The summed E-state index contributed by atoms with van der Waals surface area (Å²) in [5, 5.41) is 3.15. The molecular weight excluding hydrogens is 308 g/mol. The summed E-state index contributed by atoms with van der Waals surface area (Å²) in [5.41, 5.74) is 2.01. The molecule has 1 N–H and O–H groups in total. The van der Waals surface area contributed by atoms with Crippen LogP contribution in [0.25, 0.3) is 5.78 Å². The van der Waals surface area contributed by atoms with Gasteiger partial charge in [0.15, 0.2) is 5.82 Å². The highest BCUT2D eigenvalue weighted by molar-refractivity contribution is 9.10. The summed E-state index contributed by atoms with van der Waals surface area (Å²) in [6.45, 7) is 4.33. The number of fused-ring (bicyclic) bond motifs is 1. The van der Waals surface area contributed by atoms with Gasteiger partial charge in [-0.1, -0.05) is 18.2 Å². The first-order valence-electron chi connectivity index (χ1n) is 5.93. The zero-order valence-corrected chi connectivity index (χ0v) is 12.2. The van der Waals surface area contributed by atoms with Gasteiger partial charge in [0.05, 0.1) is 5.69 Å². The Hall–Kier alpha value is -1.82. The Morgan fingerprint density at radius 3 is 2.79 bits per heavy atom. The lowest BCUT2D eigenvalue weighted by molar-refractivity contribution is 0.294. The van der Waals surface area contributed by atoms with Gasteiger partial charge in [-0.15, -0.1) is 0 Å². The van der Waals surface area contributed by atoms with E-state index in [9.17, 15) is 0 Å². The fourth-order valence-electron chi connectivity index (χ4n) is 1.87. The largest absolute Gasteiger partial charge is 0.485 e. The lowest BCUT2D eigenvalue weighted by Crippen LogP contribution is -1.99. The number of halogens is 1. The molecule has 2 aromatic heterocycles. The number of hydrogen-bond acceptors (Lipinski definition) is 3. The number of para-hydroxylation sites is 1. The van der Waals surface area contributed by atoms with Crippen LogP contribution in [0.5, 0.6) is 5.75 Å². The van der Waals surface area contributed by atoms with Gasteiger partial charge < -0.3 is 4.74 Å². The molecule has 98 valence electrons. The number of nitrogens with one attached hydrogen (secondary N) is 1. The standard InChI is InChI=1S/C13H13BrN4O/c1-8-5-3-4-6-10(8)19-7-11-16-13-15-9(2)12(14)18(13)17-11/h3-6H,7H2,1-2H3,(H,15,16,17). The summed E-state index contributed by atoms with van der Waals surface area (Å²) in [4.78, 5) is 8.70. The predicted octanol–water partition coefficient (Wildman–Crippen LogP) is 3.02. The SMILES string of the molecule is Cc1ccccc1OCc1nc2nc(C)c(Br)n2[nH]1. The molecule has 0 aliphatic carbocycles. The average Bonchev–Trinajstić information content (AvgIpc) is 2.90. The van der Waals surface area contributed by atoms with E-state index in [4.69, 9.17) is 4.74 Å². The van der Waals surface area contributed by atoms with E-state index < -0.39 is 0 Å². The molecule has 5 nitrogen and oxygen atoms in total. The van der Waals surface area contributed by atoms with Crippen molar-refractivity contribution < 1.29 is 4.74 Å². The monoisotopic (exact) mass is 320 g/mol. The van der Waals surface area contributed by atoms with Crippen molar-refractivity contribution in [2.45, 2.75) is 20.5 Å². The van der Waals surface area contributed by atoms with Crippen molar-refractivity contribution in [1.29, 1.82) is 0 Å². The molecule has 0 spiro atoms. The van der Waals surface area contributed by atoms with E-state index >= 15 is 0 Å². The first kappa shape index (κ1) is 12.2. The summed E-state index contributed by atoms with van der Waals surface area (Å²) in [5.74, 6) is 2.26. The van der Waals surface area contributed by atoms with E-state index in [-0.39, 0.29) is 0 Å². The highest BCUT2D eigenvalue weighted by Crippen LogP contribution is 2.19. The number of H-pyrrole nitrogens is 1. The maximum Gasteiger partial charge on any atom is 0.252 e. The van der Waals surface area contributed by atoms with E-state index in [1.54, 1.807) is 4.52 Å². The number of rotatable bonds is 3. The highest BCUT2D eigenvalue weighted by atomic mass is 79.9. The molecule has 3 rings (SSSR count). The van der Waals surface area contributed by atoms with Gasteiger partial charge in [0.2, 0.25) is 0 Å². The molecule has 0 amide bonds. The number of hydrogen-bond donors (Lipinski definition) is 1. The van der Waals surface area contributed by atoms with Crippen molar-refractivity contribution >= 4 is 21.7 Å². The lowest BCUT2D eigenvalue weighted by atomic mass is 10.2. The van der Waals surface area contributed by atoms with Crippen molar-refractivity contribution in [3.63, 3.8) is 0 Å². The Morgan fingerprint density at radius 1 is 1.26 bits per heavy atom. The molecule has 6 heteroatoms. The number of aryl methyl sites for hydroxylation is 2. The maximum absolute atomic E-state index is 5.74. The number of ether oxygens (including phenoxy) is 1. The zero-order valence-electron chi connectivity index (χ0n) is 10.6. The second kappa shape index (κ2) is 4.70. The van der Waals surface area contributed by atoms with E-state index in [0.717, 1.165) is 27.4 Å². The fourth-order valence-corrected chi connectivity index (χ4v) is 2.21. The molecular formula is C13H13BrN4O. The molecule has 2 heterocycles. The predicted molar refractivity (Wildman–Crippen MR) is 75.3 cm³/mol. The molecule has 0 radical (unpaired) electrons.